The summed E-state index contributed by atoms with van der Waals surface area (Å²) in [5, 5.41) is 5.55. The molecule has 3 aromatic carbocycles. The third kappa shape index (κ3) is 5.04. The van der Waals surface area contributed by atoms with Gasteiger partial charge in [-0.15, -0.1) is 0 Å². The fourth-order valence-corrected chi connectivity index (χ4v) is 3.83. The Hall–Kier alpha value is -4.30. The molecule has 3 aromatic rings. The first-order valence-corrected chi connectivity index (χ1v) is 11.5. The maximum absolute atomic E-state index is 13.1. The number of benzene rings is 3. The van der Waals surface area contributed by atoms with E-state index in [1.165, 1.54) is 7.11 Å². The van der Waals surface area contributed by atoms with Crippen molar-refractivity contribution >= 4 is 46.4 Å². The van der Waals surface area contributed by atoms with E-state index in [1.54, 1.807) is 66.7 Å². The quantitative estimate of drug-likeness (QED) is 0.414. The summed E-state index contributed by atoms with van der Waals surface area (Å²) in [4.78, 5) is 39.7. The van der Waals surface area contributed by atoms with Gasteiger partial charge in [-0.2, -0.15) is 0 Å². The molecule has 0 fully saturated rings. The minimum Gasteiger partial charge on any atom is -0.497 e. The lowest BCUT2D eigenvalue weighted by Crippen LogP contribution is -2.32. The van der Waals surface area contributed by atoms with E-state index in [0.29, 0.717) is 40.7 Å². The van der Waals surface area contributed by atoms with Gasteiger partial charge in [-0.05, 0) is 80.1 Å². The van der Waals surface area contributed by atoms with Crippen molar-refractivity contribution in [3.8, 4) is 11.5 Å². The van der Waals surface area contributed by atoms with Crippen LogP contribution < -0.4 is 25.0 Å². The van der Waals surface area contributed by atoms with Gasteiger partial charge in [0.2, 0.25) is 0 Å². The second-order valence-electron chi connectivity index (χ2n) is 7.90. The molecule has 1 aliphatic rings. The van der Waals surface area contributed by atoms with E-state index < -0.39 is 11.8 Å². The zero-order chi connectivity index (χ0) is 25.8. The van der Waals surface area contributed by atoms with E-state index in [2.05, 4.69) is 10.6 Å². The van der Waals surface area contributed by atoms with Crippen LogP contribution >= 0.6 is 11.6 Å². The monoisotopic (exact) mass is 505 g/mol. The standard InChI is InChI=1S/C27H24ClN3O5/c1-4-36-21-11-7-18(8-12-21)29-25(32)17-6-5-16(2)22(15-17)30-24-23(28)26(33)31(27(24)34)19-9-13-20(35-3)14-10-19/h5-15,30H,4H2,1-3H3,(H,29,32). The molecule has 0 saturated carbocycles. The van der Waals surface area contributed by atoms with Crippen LogP contribution in [0.2, 0.25) is 0 Å². The Morgan fingerprint density at radius 2 is 1.61 bits per heavy atom. The average Bonchev–Trinajstić information content (AvgIpc) is 3.09. The largest absolute Gasteiger partial charge is 0.497 e. The second-order valence-corrected chi connectivity index (χ2v) is 8.28. The number of carbonyl (C=O) groups excluding carboxylic acids is 3. The Balaban J connectivity index is 1.53. The van der Waals surface area contributed by atoms with E-state index >= 15 is 0 Å². The molecule has 4 rings (SSSR count). The lowest BCUT2D eigenvalue weighted by molar-refractivity contribution is -0.120. The molecule has 0 atom stereocenters. The van der Waals surface area contributed by atoms with Crippen molar-refractivity contribution in [2.45, 2.75) is 13.8 Å². The maximum Gasteiger partial charge on any atom is 0.283 e. The van der Waals surface area contributed by atoms with Crippen LogP contribution in [0.1, 0.15) is 22.8 Å². The molecule has 0 spiro atoms. The molecule has 0 aliphatic carbocycles. The molecular weight excluding hydrogens is 482 g/mol. The summed E-state index contributed by atoms with van der Waals surface area (Å²) in [7, 11) is 1.52. The van der Waals surface area contributed by atoms with Gasteiger partial charge in [-0.3, -0.25) is 14.4 Å². The van der Waals surface area contributed by atoms with Crippen molar-refractivity contribution < 1.29 is 23.9 Å². The molecule has 0 unspecified atom stereocenters. The number of imide groups is 1. The third-order valence-electron chi connectivity index (χ3n) is 5.54. The van der Waals surface area contributed by atoms with Crippen LogP contribution in [0, 0.1) is 6.92 Å². The fraction of sp³-hybridized carbons (Fsp3) is 0.148. The number of nitrogens with zero attached hydrogens (tertiary/aromatic N) is 1. The van der Waals surface area contributed by atoms with Gasteiger partial charge in [0.05, 0.1) is 19.4 Å². The van der Waals surface area contributed by atoms with Gasteiger partial charge >= 0.3 is 0 Å². The van der Waals surface area contributed by atoms with Gasteiger partial charge < -0.3 is 20.1 Å². The highest BCUT2D eigenvalue weighted by Gasteiger charge is 2.39. The second kappa shape index (κ2) is 10.5. The molecule has 0 saturated heterocycles. The number of aryl methyl sites for hydroxylation is 1. The Morgan fingerprint density at radius 3 is 2.25 bits per heavy atom. The Kier molecular flexibility index (Phi) is 7.26. The van der Waals surface area contributed by atoms with Gasteiger partial charge in [0.15, 0.2) is 0 Å². The summed E-state index contributed by atoms with van der Waals surface area (Å²) in [6, 6.07) is 18.5. The molecule has 9 heteroatoms. The van der Waals surface area contributed by atoms with E-state index in [1.807, 2.05) is 13.8 Å². The Morgan fingerprint density at radius 1 is 0.944 bits per heavy atom. The summed E-state index contributed by atoms with van der Waals surface area (Å²) in [6.07, 6.45) is 0. The molecule has 36 heavy (non-hydrogen) atoms. The SMILES string of the molecule is CCOc1ccc(NC(=O)c2ccc(C)c(NC3=C(Cl)C(=O)N(c4ccc(OC)cc4)C3=O)c2)cc1. The number of anilines is 3. The summed E-state index contributed by atoms with van der Waals surface area (Å²) in [6.45, 7) is 4.26. The molecular formula is C27H24ClN3O5. The number of carbonyl (C=O) groups is 3. The van der Waals surface area contributed by atoms with Crippen LogP contribution in [-0.4, -0.2) is 31.4 Å². The number of amides is 3. The summed E-state index contributed by atoms with van der Waals surface area (Å²) in [5.74, 6) is -0.278. The summed E-state index contributed by atoms with van der Waals surface area (Å²) >= 11 is 6.26. The first kappa shape index (κ1) is 24.8. The lowest BCUT2D eigenvalue weighted by Gasteiger charge is -2.16. The van der Waals surface area contributed by atoms with E-state index in [-0.39, 0.29) is 16.6 Å². The van der Waals surface area contributed by atoms with Crippen LogP contribution in [0.15, 0.2) is 77.5 Å². The molecule has 8 nitrogen and oxygen atoms in total. The van der Waals surface area contributed by atoms with Crippen molar-refractivity contribution in [3.05, 3.63) is 88.6 Å². The smallest absolute Gasteiger partial charge is 0.283 e. The molecule has 3 amide bonds. The van der Waals surface area contributed by atoms with Crippen LogP contribution in [0.5, 0.6) is 11.5 Å². The number of rotatable bonds is 8. The average molecular weight is 506 g/mol. The number of hydrogen-bond acceptors (Lipinski definition) is 6. The molecule has 0 bridgehead atoms. The van der Waals surface area contributed by atoms with Crippen molar-refractivity contribution in [1.82, 2.24) is 0 Å². The van der Waals surface area contributed by atoms with Crippen molar-refractivity contribution in [3.63, 3.8) is 0 Å². The first-order chi connectivity index (χ1) is 17.3. The summed E-state index contributed by atoms with van der Waals surface area (Å²) in [5.41, 5.74) is 2.49. The van der Waals surface area contributed by atoms with Gasteiger partial charge in [0, 0.05) is 16.9 Å². The fourth-order valence-electron chi connectivity index (χ4n) is 3.61. The number of nitrogens with one attached hydrogen (secondary N) is 2. The van der Waals surface area contributed by atoms with Gasteiger partial charge in [0.1, 0.15) is 22.2 Å². The van der Waals surface area contributed by atoms with Crippen LogP contribution in [-0.2, 0) is 9.59 Å². The molecule has 2 N–H and O–H groups in total. The number of ether oxygens (including phenoxy) is 2. The summed E-state index contributed by atoms with van der Waals surface area (Å²) < 4.78 is 10.5. The maximum atomic E-state index is 13.1. The van der Waals surface area contributed by atoms with Gasteiger partial charge in [0.25, 0.3) is 17.7 Å². The molecule has 1 heterocycles. The highest BCUT2D eigenvalue weighted by molar-refractivity contribution is 6.53. The minimum atomic E-state index is -0.642. The zero-order valence-corrected chi connectivity index (χ0v) is 20.7. The molecule has 1 aliphatic heterocycles. The highest BCUT2D eigenvalue weighted by Crippen LogP contribution is 2.32. The predicted molar refractivity (Wildman–Crippen MR) is 139 cm³/mol. The van der Waals surface area contributed by atoms with E-state index in [4.69, 9.17) is 21.1 Å². The van der Waals surface area contributed by atoms with Crippen LogP contribution in [0.4, 0.5) is 17.1 Å². The Labute approximate surface area is 213 Å². The topological polar surface area (TPSA) is 97.0 Å². The first-order valence-electron chi connectivity index (χ1n) is 11.2. The number of halogens is 1. The lowest BCUT2D eigenvalue weighted by atomic mass is 10.1. The zero-order valence-electron chi connectivity index (χ0n) is 19.9. The number of hydrogen-bond donors (Lipinski definition) is 2. The predicted octanol–water partition coefficient (Wildman–Crippen LogP) is 5.09. The molecule has 0 radical (unpaired) electrons. The van der Waals surface area contributed by atoms with Crippen LogP contribution in [0.3, 0.4) is 0 Å². The van der Waals surface area contributed by atoms with Crippen molar-refractivity contribution in [2.24, 2.45) is 0 Å². The van der Waals surface area contributed by atoms with Crippen LogP contribution in [0.25, 0.3) is 0 Å². The van der Waals surface area contributed by atoms with Gasteiger partial charge in [-0.1, -0.05) is 17.7 Å². The minimum absolute atomic E-state index is 0.0651. The molecule has 0 aromatic heterocycles. The van der Waals surface area contributed by atoms with E-state index in [9.17, 15) is 14.4 Å². The van der Waals surface area contributed by atoms with Gasteiger partial charge in [-0.25, -0.2) is 4.90 Å². The molecule has 184 valence electrons. The van der Waals surface area contributed by atoms with E-state index in [0.717, 1.165) is 10.5 Å². The highest BCUT2D eigenvalue weighted by atomic mass is 35.5. The van der Waals surface area contributed by atoms with Crippen molar-refractivity contribution in [2.75, 3.05) is 29.3 Å². The third-order valence-corrected chi connectivity index (χ3v) is 5.89. The number of methoxy groups -OCH3 is 1. The Bertz CT molecular complexity index is 1350. The van der Waals surface area contributed by atoms with Crippen molar-refractivity contribution in [1.29, 1.82) is 0 Å². The normalized spacial score (nSPS) is 13.2.